The number of nitrogens with zero attached hydrogens (tertiary/aromatic N) is 1. The number of carbonyl (C=O) groups excluding carboxylic acids is 2. The van der Waals surface area contributed by atoms with E-state index in [0.29, 0.717) is 5.75 Å². The lowest BCUT2D eigenvalue weighted by atomic mass is 9.87. The minimum absolute atomic E-state index is 0.146. The van der Waals surface area contributed by atoms with Crippen LogP contribution in [-0.2, 0) is 16.0 Å². The SMILES string of the molecule is Cc1ccc(NC(=O)C(C)Oc2ccc3c(c2)C(c2ccc(C)cc2)N(C(=O)C2CC2)CC3)cc1. The topological polar surface area (TPSA) is 58.6 Å². The summed E-state index contributed by atoms with van der Waals surface area (Å²) in [4.78, 5) is 28.0. The van der Waals surface area contributed by atoms with Crippen LogP contribution in [0.3, 0.4) is 0 Å². The third kappa shape index (κ3) is 5.09. The minimum atomic E-state index is -0.667. The standard InChI is InChI=1S/C30H32N2O3/c1-19-4-8-23(9-5-19)28-27-18-26(15-12-22(27)16-17-32(28)30(34)24-10-11-24)35-21(3)29(33)31-25-13-6-20(2)7-14-25/h4-9,12-15,18,21,24,28H,10-11,16-17H2,1-3H3,(H,31,33). The predicted molar refractivity (Wildman–Crippen MR) is 138 cm³/mol. The van der Waals surface area contributed by atoms with Crippen LogP contribution in [0.2, 0.25) is 0 Å². The van der Waals surface area contributed by atoms with Crippen LogP contribution in [0.1, 0.15) is 53.6 Å². The van der Waals surface area contributed by atoms with Gasteiger partial charge in [-0.3, -0.25) is 9.59 Å². The van der Waals surface area contributed by atoms with Crippen molar-refractivity contribution >= 4 is 17.5 Å². The second kappa shape index (κ2) is 9.57. The molecule has 5 heteroatoms. The molecule has 1 aliphatic heterocycles. The number of amides is 2. The average molecular weight is 469 g/mol. The molecule has 1 fully saturated rings. The van der Waals surface area contributed by atoms with E-state index < -0.39 is 6.10 Å². The summed E-state index contributed by atoms with van der Waals surface area (Å²) in [7, 11) is 0. The van der Waals surface area contributed by atoms with Crippen molar-refractivity contribution in [3.63, 3.8) is 0 Å². The van der Waals surface area contributed by atoms with Crippen LogP contribution >= 0.6 is 0 Å². The molecule has 3 aromatic carbocycles. The Kier molecular flexibility index (Phi) is 6.33. The fraction of sp³-hybridized carbons (Fsp3) is 0.333. The lowest BCUT2D eigenvalue weighted by Gasteiger charge is -2.38. The Morgan fingerprint density at radius 2 is 1.60 bits per heavy atom. The van der Waals surface area contributed by atoms with Gasteiger partial charge in [0.25, 0.3) is 5.91 Å². The van der Waals surface area contributed by atoms with Gasteiger partial charge in [0.1, 0.15) is 5.75 Å². The first-order chi connectivity index (χ1) is 16.9. The first-order valence-corrected chi connectivity index (χ1v) is 12.4. The monoisotopic (exact) mass is 468 g/mol. The highest BCUT2D eigenvalue weighted by atomic mass is 16.5. The van der Waals surface area contributed by atoms with Crippen molar-refractivity contribution in [3.8, 4) is 5.75 Å². The number of carbonyl (C=O) groups is 2. The summed E-state index contributed by atoms with van der Waals surface area (Å²) in [5.41, 5.74) is 6.48. The molecule has 0 saturated heterocycles. The van der Waals surface area contributed by atoms with Crippen LogP contribution in [0.15, 0.2) is 66.7 Å². The summed E-state index contributed by atoms with van der Waals surface area (Å²) in [6.07, 6.45) is 2.12. The highest BCUT2D eigenvalue weighted by molar-refractivity contribution is 5.94. The molecule has 5 rings (SSSR count). The second-order valence-electron chi connectivity index (χ2n) is 9.85. The van der Waals surface area contributed by atoms with E-state index in [-0.39, 0.29) is 23.8 Å². The summed E-state index contributed by atoms with van der Waals surface area (Å²) in [5.74, 6) is 0.841. The van der Waals surface area contributed by atoms with Crippen LogP contribution in [-0.4, -0.2) is 29.4 Å². The Labute approximate surface area is 207 Å². The van der Waals surface area contributed by atoms with Crippen molar-refractivity contribution in [2.24, 2.45) is 5.92 Å². The van der Waals surface area contributed by atoms with Crippen LogP contribution in [0.25, 0.3) is 0 Å². The maximum atomic E-state index is 13.2. The Balaban J connectivity index is 1.40. The molecule has 2 atom stereocenters. The van der Waals surface area contributed by atoms with Gasteiger partial charge in [0.2, 0.25) is 5.91 Å². The molecule has 3 aromatic rings. The molecule has 2 unspecified atom stereocenters. The molecule has 1 aliphatic carbocycles. The molecular weight excluding hydrogens is 436 g/mol. The lowest BCUT2D eigenvalue weighted by Crippen LogP contribution is -2.41. The van der Waals surface area contributed by atoms with Gasteiger partial charge in [-0.25, -0.2) is 0 Å². The molecule has 1 N–H and O–H groups in total. The second-order valence-corrected chi connectivity index (χ2v) is 9.85. The van der Waals surface area contributed by atoms with Gasteiger partial charge in [-0.05, 0) is 81.0 Å². The van der Waals surface area contributed by atoms with E-state index in [0.717, 1.165) is 48.2 Å². The van der Waals surface area contributed by atoms with Crippen molar-refractivity contribution in [1.82, 2.24) is 4.90 Å². The van der Waals surface area contributed by atoms with Crippen LogP contribution in [0.4, 0.5) is 5.69 Å². The predicted octanol–water partition coefficient (Wildman–Crippen LogP) is 5.59. The van der Waals surface area contributed by atoms with Gasteiger partial charge in [-0.2, -0.15) is 0 Å². The molecule has 1 saturated carbocycles. The fourth-order valence-electron chi connectivity index (χ4n) is 4.72. The first kappa shape index (κ1) is 23.2. The molecule has 2 amide bonds. The molecule has 1 heterocycles. The number of hydrogen-bond donors (Lipinski definition) is 1. The van der Waals surface area contributed by atoms with Crippen molar-refractivity contribution < 1.29 is 14.3 Å². The summed E-state index contributed by atoms with van der Waals surface area (Å²) in [6.45, 7) is 6.55. The maximum absolute atomic E-state index is 13.2. The Morgan fingerprint density at radius 1 is 0.943 bits per heavy atom. The number of anilines is 1. The smallest absolute Gasteiger partial charge is 0.265 e. The molecule has 0 aromatic heterocycles. The van der Waals surface area contributed by atoms with E-state index in [9.17, 15) is 9.59 Å². The van der Waals surface area contributed by atoms with Crippen molar-refractivity contribution in [2.75, 3.05) is 11.9 Å². The third-order valence-corrected chi connectivity index (χ3v) is 6.95. The van der Waals surface area contributed by atoms with Gasteiger partial charge in [-0.15, -0.1) is 0 Å². The van der Waals surface area contributed by atoms with E-state index in [4.69, 9.17) is 4.74 Å². The van der Waals surface area contributed by atoms with E-state index in [1.54, 1.807) is 6.92 Å². The average Bonchev–Trinajstić information content (AvgIpc) is 3.70. The normalized spacial score (nSPS) is 17.9. The largest absolute Gasteiger partial charge is 0.481 e. The van der Waals surface area contributed by atoms with E-state index in [1.807, 2.05) is 48.2 Å². The number of fused-ring (bicyclic) bond motifs is 1. The van der Waals surface area contributed by atoms with E-state index in [1.165, 1.54) is 11.1 Å². The van der Waals surface area contributed by atoms with Gasteiger partial charge in [0, 0.05) is 18.2 Å². The number of ether oxygens (including phenoxy) is 1. The third-order valence-electron chi connectivity index (χ3n) is 6.95. The van der Waals surface area contributed by atoms with Crippen molar-refractivity contribution in [1.29, 1.82) is 0 Å². The Morgan fingerprint density at radius 3 is 2.26 bits per heavy atom. The van der Waals surface area contributed by atoms with E-state index >= 15 is 0 Å². The van der Waals surface area contributed by atoms with E-state index in [2.05, 4.69) is 42.6 Å². The molecule has 2 aliphatic rings. The number of rotatable bonds is 6. The van der Waals surface area contributed by atoms with Crippen molar-refractivity contribution in [3.05, 3.63) is 94.5 Å². The molecule has 35 heavy (non-hydrogen) atoms. The van der Waals surface area contributed by atoms with Gasteiger partial charge in [0.15, 0.2) is 6.10 Å². The quantitative estimate of drug-likeness (QED) is 0.513. The van der Waals surface area contributed by atoms with Gasteiger partial charge < -0.3 is 15.0 Å². The van der Waals surface area contributed by atoms with Crippen molar-refractivity contribution in [2.45, 2.75) is 52.2 Å². The number of aryl methyl sites for hydroxylation is 2. The summed E-state index contributed by atoms with van der Waals surface area (Å²) in [6, 6.07) is 22.0. The zero-order chi connectivity index (χ0) is 24.5. The molecule has 0 radical (unpaired) electrons. The number of hydrogen-bond acceptors (Lipinski definition) is 3. The molecule has 180 valence electrons. The number of nitrogens with one attached hydrogen (secondary N) is 1. The molecular formula is C30H32N2O3. The molecule has 0 spiro atoms. The lowest BCUT2D eigenvalue weighted by molar-refractivity contribution is -0.134. The minimum Gasteiger partial charge on any atom is -0.481 e. The van der Waals surface area contributed by atoms with Gasteiger partial charge >= 0.3 is 0 Å². The summed E-state index contributed by atoms with van der Waals surface area (Å²) in [5, 5.41) is 2.92. The highest BCUT2D eigenvalue weighted by Crippen LogP contribution is 2.41. The zero-order valence-corrected chi connectivity index (χ0v) is 20.6. The zero-order valence-electron chi connectivity index (χ0n) is 20.6. The molecule has 0 bridgehead atoms. The maximum Gasteiger partial charge on any atom is 0.265 e. The van der Waals surface area contributed by atoms with Gasteiger partial charge in [-0.1, -0.05) is 53.6 Å². The fourth-order valence-corrected chi connectivity index (χ4v) is 4.72. The Hall–Kier alpha value is -3.60. The number of benzene rings is 3. The highest BCUT2D eigenvalue weighted by Gasteiger charge is 2.39. The molecule has 5 nitrogen and oxygen atoms in total. The Bertz CT molecular complexity index is 1230. The summed E-state index contributed by atoms with van der Waals surface area (Å²) < 4.78 is 6.08. The van der Waals surface area contributed by atoms with Crippen LogP contribution in [0.5, 0.6) is 5.75 Å². The first-order valence-electron chi connectivity index (χ1n) is 12.4. The van der Waals surface area contributed by atoms with Crippen LogP contribution in [0, 0.1) is 19.8 Å². The van der Waals surface area contributed by atoms with Gasteiger partial charge in [0.05, 0.1) is 6.04 Å². The van der Waals surface area contributed by atoms with Crippen LogP contribution < -0.4 is 10.1 Å². The summed E-state index contributed by atoms with van der Waals surface area (Å²) >= 11 is 0.